The molecule has 2 aromatic carbocycles. The van der Waals surface area contributed by atoms with Crippen LogP contribution in [-0.4, -0.2) is 22.5 Å². The molecule has 4 nitrogen and oxygen atoms in total. The average Bonchev–Trinajstić information content (AvgIpc) is 3.00. The molecule has 0 aliphatic carbocycles. The number of H-pyrrole nitrogens is 1. The second kappa shape index (κ2) is 7.24. The number of fused-ring (bicyclic) bond motifs is 1. The molecule has 0 amide bonds. The van der Waals surface area contributed by atoms with Crippen molar-refractivity contribution in [2.24, 2.45) is 0 Å². The minimum Gasteiger partial charge on any atom is -0.465 e. The summed E-state index contributed by atoms with van der Waals surface area (Å²) in [6.45, 7) is 2.08. The molecule has 1 aromatic heterocycles. The smallest absolute Gasteiger partial charge is 0.316 e. The van der Waals surface area contributed by atoms with E-state index in [1.165, 1.54) is 0 Å². The van der Waals surface area contributed by atoms with Crippen molar-refractivity contribution in [1.29, 1.82) is 0 Å². The highest BCUT2D eigenvalue weighted by Crippen LogP contribution is 2.30. The summed E-state index contributed by atoms with van der Waals surface area (Å²) in [4.78, 5) is 20.2. The third-order valence-corrected chi connectivity index (χ3v) is 4.62. The maximum Gasteiger partial charge on any atom is 0.316 e. The molecule has 3 aromatic rings. The molecular formula is C18H16Cl2N2O2. The molecule has 0 radical (unpaired) electrons. The molecule has 0 saturated heterocycles. The Bertz CT molecular complexity index is 843. The van der Waals surface area contributed by atoms with Crippen molar-refractivity contribution >= 4 is 40.2 Å². The van der Waals surface area contributed by atoms with E-state index in [1.54, 1.807) is 13.0 Å². The van der Waals surface area contributed by atoms with Crippen molar-refractivity contribution in [2.45, 2.75) is 19.3 Å². The Kier molecular flexibility index (Phi) is 5.07. The highest BCUT2D eigenvalue weighted by atomic mass is 35.5. The van der Waals surface area contributed by atoms with Crippen LogP contribution in [0.2, 0.25) is 10.0 Å². The van der Waals surface area contributed by atoms with Gasteiger partial charge in [0, 0.05) is 0 Å². The van der Waals surface area contributed by atoms with Crippen molar-refractivity contribution in [3.05, 3.63) is 63.9 Å². The quantitative estimate of drug-likeness (QED) is 0.665. The van der Waals surface area contributed by atoms with Crippen LogP contribution in [0.1, 0.15) is 24.2 Å². The zero-order valence-electron chi connectivity index (χ0n) is 13.1. The third kappa shape index (κ3) is 3.40. The molecule has 124 valence electrons. The predicted molar refractivity (Wildman–Crippen MR) is 95.6 cm³/mol. The Morgan fingerprint density at radius 2 is 2.00 bits per heavy atom. The number of benzene rings is 2. The van der Waals surface area contributed by atoms with Gasteiger partial charge in [-0.25, -0.2) is 4.98 Å². The minimum atomic E-state index is -0.576. The Morgan fingerprint density at radius 3 is 2.75 bits per heavy atom. The first-order valence-corrected chi connectivity index (χ1v) is 8.40. The van der Waals surface area contributed by atoms with E-state index in [2.05, 4.69) is 9.97 Å². The predicted octanol–water partition coefficient (Wildman–Crippen LogP) is 4.76. The van der Waals surface area contributed by atoms with E-state index in [9.17, 15) is 4.79 Å². The molecule has 3 rings (SSSR count). The fourth-order valence-electron chi connectivity index (χ4n) is 2.60. The highest BCUT2D eigenvalue weighted by Gasteiger charge is 2.27. The lowest BCUT2D eigenvalue weighted by Gasteiger charge is -2.14. The molecule has 1 heterocycles. The van der Waals surface area contributed by atoms with Gasteiger partial charge in [-0.3, -0.25) is 4.79 Å². The van der Waals surface area contributed by atoms with Gasteiger partial charge in [-0.15, -0.1) is 0 Å². The SMILES string of the molecule is CCOC(=O)C(Cc1cccc(Cl)c1Cl)c1nc2ccccc2[nH]1. The van der Waals surface area contributed by atoms with Gasteiger partial charge in [-0.2, -0.15) is 0 Å². The maximum absolute atomic E-state index is 12.5. The lowest BCUT2D eigenvalue weighted by atomic mass is 9.98. The van der Waals surface area contributed by atoms with E-state index in [0.29, 0.717) is 28.9 Å². The number of rotatable bonds is 5. The normalized spacial score (nSPS) is 12.3. The van der Waals surface area contributed by atoms with Gasteiger partial charge >= 0.3 is 5.97 Å². The number of carbonyl (C=O) groups excluding carboxylic acids is 1. The fourth-order valence-corrected chi connectivity index (χ4v) is 3.00. The van der Waals surface area contributed by atoms with Crippen molar-refractivity contribution in [3.63, 3.8) is 0 Å². The van der Waals surface area contributed by atoms with Crippen LogP contribution < -0.4 is 0 Å². The summed E-state index contributed by atoms with van der Waals surface area (Å²) in [6.07, 6.45) is 0.359. The molecular weight excluding hydrogens is 347 g/mol. The second-order valence-electron chi connectivity index (χ2n) is 5.36. The number of para-hydroxylation sites is 2. The van der Waals surface area contributed by atoms with Gasteiger partial charge in [0.15, 0.2) is 0 Å². The van der Waals surface area contributed by atoms with Gasteiger partial charge in [0.05, 0.1) is 27.7 Å². The van der Waals surface area contributed by atoms with Crippen molar-refractivity contribution in [2.75, 3.05) is 6.61 Å². The molecule has 0 aliphatic rings. The van der Waals surface area contributed by atoms with Gasteiger partial charge in [-0.05, 0) is 37.1 Å². The van der Waals surface area contributed by atoms with E-state index in [4.69, 9.17) is 27.9 Å². The number of imidazole rings is 1. The van der Waals surface area contributed by atoms with Gasteiger partial charge in [0.25, 0.3) is 0 Å². The first-order valence-electron chi connectivity index (χ1n) is 7.64. The molecule has 24 heavy (non-hydrogen) atoms. The first-order chi connectivity index (χ1) is 11.6. The highest BCUT2D eigenvalue weighted by molar-refractivity contribution is 6.42. The number of ether oxygens (including phenoxy) is 1. The van der Waals surface area contributed by atoms with Gasteiger partial charge in [0.2, 0.25) is 0 Å². The number of hydrogen-bond donors (Lipinski definition) is 1. The van der Waals surface area contributed by atoms with Gasteiger partial charge < -0.3 is 9.72 Å². The summed E-state index contributed by atoms with van der Waals surface area (Å²) in [5.41, 5.74) is 2.46. The molecule has 1 atom stereocenters. The Hall–Kier alpha value is -2.04. The first kappa shape index (κ1) is 16.8. The van der Waals surface area contributed by atoms with Crippen LogP contribution >= 0.6 is 23.2 Å². The molecule has 0 fully saturated rings. The summed E-state index contributed by atoms with van der Waals surface area (Å²) in [5.74, 6) is -0.355. The second-order valence-corrected chi connectivity index (χ2v) is 6.15. The largest absolute Gasteiger partial charge is 0.465 e. The number of halogens is 2. The topological polar surface area (TPSA) is 55.0 Å². The van der Waals surface area contributed by atoms with Crippen LogP contribution in [0.15, 0.2) is 42.5 Å². The zero-order valence-corrected chi connectivity index (χ0v) is 14.6. The lowest BCUT2D eigenvalue weighted by molar-refractivity contribution is -0.145. The number of hydrogen-bond acceptors (Lipinski definition) is 3. The Morgan fingerprint density at radius 1 is 1.21 bits per heavy atom. The summed E-state index contributed by atoms with van der Waals surface area (Å²) in [5, 5.41) is 0.908. The van der Waals surface area contributed by atoms with E-state index >= 15 is 0 Å². The maximum atomic E-state index is 12.5. The summed E-state index contributed by atoms with van der Waals surface area (Å²) >= 11 is 12.3. The summed E-state index contributed by atoms with van der Waals surface area (Å²) in [7, 11) is 0. The average molecular weight is 363 g/mol. The van der Waals surface area contributed by atoms with Crippen LogP contribution in [0.3, 0.4) is 0 Å². The summed E-state index contributed by atoms with van der Waals surface area (Å²) in [6, 6.07) is 13.0. The van der Waals surface area contributed by atoms with Crippen molar-refractivity contribution in [3.8, 4) is 0 Å². The number of carbonyl (C=O) groups is 1. The fraction of sp³-hybridized carbons (Fsp3) is 0.222. The standard InChI is InChI=1S/C18H16Cl2N2O2/c1-2-24-18(23)12(10-11-6-5-7-13(19)16(11)20)17-21-14-8-3-4-9-15(14)22-17/h3-9,12H,2,10H2,1H3,(H,21,22). The Balaban J connectivity index is 1.99. The van der Waals surface area contributed by atoms with Gasteiger partial charge in [-0.1, -0.05) is 47.5 Å². The van der Waals surface area contributed by atoms with Crippen LogP contribution in [0.25, 0.3) is 11.0 Å². The summed E-state index contributed by atoms with van der Waals surface area (Å²) < 4.78 is 5.22. The number of nitrogens with one attached hydrogen (secondary N) is 1. The minimum absolute atomic E-state index is 0.304. The molecule has 1 N–H and O–H groups in total. The van der Waals surface area contributed by atoms with Crippen LogP contribution in [0, 0.1) is 0 Å². The number of esters is 1. The third-order valence-electron chi connectivity index (χ3n) is 3.76. The number of nitrogens with zero attached hydrogens (tertiary/aromatic N) is 1. The molecule has 0 bridgehead atoms. The van der Waals surface area contributed by atoms with Crippen LogP contribution in [0.5, 0.6) is 0 Å². The molecule has 1 unspecified atom stereocenters. The molecule has 0 spiro atoms. The monoisotopic (exact) mass is 362 g/mol. The van der Waals surface area contributed by atoms with Crippen LogP contribution in [0.4, 0.5) is 0 Å². The lowest BCUT2D eigenvalue weighted by Crippen LogP contribution is -2.19. The number of aromatic nitrogens is 2. The molecule has 0 saturated carbocycles. The molecule has 6 heteroatoms. The molecule has 0 aliphatic heterocycles. The van der Waals surface area contributed by atoms with E-state index < -0.39 is 5.92 Å². The van der Waals surface area contributed by atoms with Crippen LogP contribution in [-0.2, 0) is 16.0 Å². The van der Waals surface area contributed by atoms with E-state index in [-0.39, 0.29) is 5.97 Å². The van der Waals surface area contributed by atoms with E-state index in [0.717, 1.165) is 16.6 Å². The van der Waals surface area contributed by atoms with Crippen molar-refractivity contribution in [1.82, 2.24) is 9.97 Å². The zero-order chi connectivity index (χ0) is 17.1. The van der Waals surface area contributed by atoms with Crippen molar-refractivity contribution < 1.29 is 9.53 Å². The number of aromatic amines is 1. The van der Waals surface area contributed by atoms with Gasteiger partial charge in [0.1, 0.15) is 11.7 Å². The van der Waals surface area contributed by atoms with E-state index in [1.807, 2.05) is 36.4 Å². The Labute approximate surface area is 149 Å².